The van der Waals surface area contributed by atoms with E-state index in [1.807, 2.05) is 47.4 Å². The first-order valence-corrected chi connectivity index (χ1v) is 10.3. The topological polar surface area (TPSA) is 79.6 Å². The molecular weight excluding hydrogens is 378 g/mol. The second kappa shape index (κ2) is 7.89. The third kappa shape index (κ3) is 4.35. The first kappa shape index (κ1) is 20.1. The van der Waals surface area contributed by atoms with Crippen LogP contribution in [0.15, 0.2) is 42.5 Å². The third-order valence-corrected chi connectivity index (χ3v) is 5.37. The van der Waals surface area contributed by atoms with E-state index < -0.39 is 0 Å². The number of nitrogens with zero attached hydrogens (tertiary/aromatic N) is 4. The largest absolute Gasteiger partial charge is 0.337 e. The highest BCUT2D eigenvalue weighted by Crippen LogP contribution is 2.30. The Kier molecular flexibility index (Phi) is 5.28. The monoisotopic (exact) mass is 405 g/mol. The molecule has 1 saturated carbocycles. The van der Waals surface area contributed by atoms with Crippen LogP contribution in [0.2, 0.25) is 0 Å². The first-order chi connectivity index (χ1) is 14.4. The molecule has 5 rings (SSSR count). The zero-order valence-electron chi connectivity index (χ0n) is 17.6. The van der Waals surface area contributed by atoms with E-state index >= 15 is 0 Å². The second-order valence-corrected chi connectivity index (χ2v) is 8.96. The highest BCUT2D eigenvalue weighted by molar-refractivity contribution is 5.95. The van der Waals surface area contributed by atoms with Crippen LogP contribution in [0.1, 0.15) is 44.0 Å². The minimum Gasteiger partial charge on any atom is -0.337 e. The number of carbonyl (C=O) groups excluding carboxylic acids is 2. The normalized spacial score (nSPS) is 17.0. The lowest BCUT2D eigenvalue weighted by atomic mass is 9.84. The molecule has 2 amide bonds. The Hall–Kier alpha value is -3.22. The van der Waals surface area contributed by atoms with E-state index in [1.165, 1.54) is 12.8 Å². The molecule has 7 nitrogen and oxygen atoms in total. The molecule has 0 radical (unpaired) electrons. The molecule has 1 saturated heterocycles. The van der Waals surface area contributed by atoms with E-state index in [2.05, 4.69) is 36.2 Å². The van der Waals surface area contributed by atoms with Gasteiger partial charge in [-0.15, -0.1) is 5.10 Å². The summed E-state index contributed by atoms with van der Waals surface area (Å²) >= 11 is 0. The van der Waals surface area contributed by atoms with E-state index in [9.17, 15) is 9.59 Å². The van der Waals surface area contributed by atoms with E-state index in [0.29, 0.717) is 17.6 Å². The number of rotatable bonds is 4. The number of nitrogens with one attached hydrogen (secondary N) is 1. The van der Waals surface area contributed by atoms with Crippen molar-refractivity contribution in [2.24, 2.45) is 11.3 Å². The summed E-state index contributed by atoms with van der Waals surface area (Å²) in [5.74, 6) is 1.40. The highest BCUT2D eigenvalue weighted by Gasteiger charge is 2.37. The van der Waals surface area contributed by atoms with Crippen LogP contribution in [0.5, 0.6) is 0 Å². The van der Waals surface area contributed by atoms with Gasteiger partial charge >= 0.3 is 0 Å². The van der Waals surface area contributed by atoms with Crippen LogP contribution in [0.25, 0.3) is 16.9 Å². The molecule has 0 atom stereocenters. The van der Waals surface area contributed by atoms with Gasteiger partial charge in [-0.2, -0.15) is 4.98 Å². The van der Waals surface area contributed by atoms with Crippen molar-refractivity contribution >= 4 is 23.9 Å². The lowest BCUT2D eigenvalue weighted by molar-refractivity contribution is -0.105. The summed E-state index contributed by atoms with van der Waals surface area (Å²) in [6, 6.07) is 13.1. The molecule has 3 heterocycles. The molecular formula is C23H27N5O2. The molecule has 3 aromatic rings. The van der Waals surface area contributed by atoms with Gasteiger partial charge < -0.3 is 4.90 Å². The number of amides is 2. The summed E-state index contributed by atoms with van der Waals surface area (Å²) < 4.78 is 1.67. The van der Waals surface area contributed by atoms with Crippen LogP contribution in [-0.4, -0.2) is 44.9 Å². The molecule has 2 fully saturated rings. The average molecular weight is 406 g/mol. The van der Waals surface area contributed by atoms with Crippen molar-refractivity contribution in [2.75, 3.05) is 18.4 Å². The second-order valence-electron chi connectivity index (χ2n) is 8.96. The Morgan fingerprint density at radius 3 is 2.37 bits per heavy atom. The number of anilines is 1. The van der Waals surface area contributed by atoms with E-state index in [-0.39, 0.29) is 17.3 Å². The van der Waals surface area contributed by atoms with Crippen molar-refractivity contribution in [1.29, 1.82) is 0 Å². The van der Waals surface area contributed by atoms with Gasteiger partial charge in [0.25, 0.3) is 5.91 Å². The molecule has 7 heteroatoms. The summed E-state index contributed by atoms with van der Waals surface area (Å²) in [6.07, 6.45) is 3.52. The Morgan fingerprint density at radius 1 is 1.13 bits per heavy atom. The number of aromatic nitrogens is 3. The average Bonchev–Trinajstić information content (AvgIpc) is 3.38. The maximum Gasteiger partial charge on any atom is 0.253 e. The zero-order chi connectivity index (χ0) is 21.3. The molecule has 2 aliphatic rings. The fourth-order valence-electron chi connectivity index (χ4n) is 3.50. The predicted molar refractivity (Wildman–Crippen MR) is 116 cm³/mol. The van der Waals surface area contributed by atoms with Crippen molar-refractivity contribution in [3.8, 4) is 11.3 Å². The molecule has 1 aliphatic heterocycles. The van der Waals surface area contributed by atoms with E-state index in [4.69, 9.17) is 0 Å². The highest BCUT2D eigenvalue weighted by atomic mass is 16.2. The van der Waals surface area contributed by atoms with Crippen molar-refractivity contribution < 1.29 is 9.59 Å². The van der Waals surface area contributed by atoms with Crippen molar-refractivity contribution in [3.63, 3.8) is 0 Å². The van der Waals surface area contributed by atoms with Gasteiger partial charge in [0.05, 0.1) is 5.69 Å². The van der Waals surface area contributed by atoms with Gasteiger partial charge in [-0.05, 0) is 35.6 Å². The van der Waals surface area contributed by atoms with Gasteiger partial charge in [-0.3, -0.25) is 14.9 Å². The van der Waals surface area contributed by atoms with Crippen LogP contribution >= 0.6 is 0 Å². The Balaban J connectivity index is 0.000000489. The molecule has 1 aromatic carbocycles. The molecule has 0 bridgehead atoms. The van der Waals surface area contributed by atoms with Gasteiger partial charge in [0, 0.05) is 24.2 Å². The summed E-state index contributed by atoms with van der Waals surface area (Å²) in [5.41, 5.74) is 3.27. The van der Waals surface area contributed by atoms with Crippen molar-refractivity contribution in [1.82, 2.24) is 19.5 Å². The molecule has 0 spiro atoms. The predicted octanol–water partition coefficient (Wildman–Crippen LogP) is 3.86. The molecule has 156 valence electrons. The maximum atomic E-state index is 12.5. The zero-order valence-corrected chi connectivity index (χ0v) is 17.6. The molecule has 0 unspecified atom stereocenters. The maximum absolute atomic E-state index is 12.5. The number of likely N-dealkylation sites (tertiary alicyclic amines) is 1. The lowest BCUT2D eigenvalue weighted by Gasteiger charge is -2.45. The van der Waals surface area contributed by atoms with Crippen molar-refractivity contribution in [3.05, 3.63) is 48.0 Å². The molecule has 30 heavy (non-hydrogen) atoms. The van der Waals surface area contributed by atoms with Crippen LogP contribution in [-0.2, 0) is 4.79 Å². The number of carbonyl (C=O) groups is 2. The third-order valence-electron chi connectivity index (χ3n) is 5.37. The molecule has 1 N–H and O–H groups in total. The van der Waals surface area contributed by atoms with Crippen LogP contribution in [0.4, 0.5) is 5.95 Å². The number of hydrogen-bond donors (Lipinski definition) is 1. The minimum atomic E-state index is 0.0623. The van der Waals surface area contributed by atoms with Crippen LogP contribution in [0.3, 0.4) is 0 Å². The van der Waals surface area contributed by atoms with Gasteiger partial charge in [-0.25, -0.2) is 4.52 Å². The van der Waals surface area contributed by atoms with E-state index in [1.54, 1.807) is 4.52 Å². The summed E-state index contributed by atoms with van der Waals surface area (Å²) in [6.45, 7) is 8.18. The number of fused-ring (bicyclic) bond motifs is 1. The first-order valence-electron chi connectivity index (χ1n) is 10.3. The minimum absolute atomic E-state index is 0.0623. The molecule has 2 aromatic heterocycles. The number of benzene rings is 1. The standard InChI is InChI=1S/C19H19N5O2.C4H8/c1-19(2)10-23(11-19)17(26)14-8-6-13(7-9-14)15-4-3-5-16-21-18(20-12-25)22-24(15)16;1-4-2-3-4/h3-9,12H,10-11H2,1-2H3,(H,20,22,25);4H,2-3H2,1H3. The van der Waals surface area contributed by atoms with Gasteiger partial charge in [0.15, 0.2) is 5.65 Å². The fraction of sp³-hybridized carbons (Fsp3) is 0.391. The van der Waals surface area contributed by atoms with Crippen molar-refractivity contribution in [2.45, 2.75) is 33.6 Å². The Morgan fingerprint density at radius 2 is 1.80 bits per heavy atom. The lowest BCUT2D eigenvalue weighted by Crippen LogP contribution is -2.55. The summed E-state index contributed by atoms with van der Waals surface area (Å²) in [7, 11) is 0. The number of hydrogen-bond acceptors (Lipinski definition) is 4. The van der Waals surface area contributed by atoms with Gasteiger partial charge in [0.2, 0.25) is 12.4 Å². The van der Waals surface area contributed by atoms with Crippen LogP contribution in [0, 0.1) is 11.3 Å². The van der Waals surface area contributed by atoms with Gasteiger partial charge in [0.1, 0.15) is 0 Å². The van der Waals surface area contributed by atoms with Crippen LogP contribution < -0.4 is 5.32 Å². The quantitative estimate of drug-likeness (QED) is 0.669. The smallest absolute Gasteiger partial charge is 0.253 e. The van der Waals surface area contributed by atoms with E-state index in [0.717, 1.165) is 30.3 Å². The summed E-state index contributed by atoms with van der Waals surface area (Å²) in [4.78, 5) is 29.2. The summed E-state index contributed by atoms with van der Waals surface area (Å²) in [5, 5.41) is 6.75. The van der Waals surface area contributed by atoms with Gasteiger partial charge in [-0.1, -0.05) is 51.8 Å². The Bertz CT molecular complexity index is 1060. The molecule has 1 aliphatic carbocycles. The SMILES string of the molecule is CC1(C)CN(C(=O)c2ccc(-c3cccc4nc(NC=O)nn34)cc2)C1.CC1CC1. The number of pyridine rings is 1. The fourth-order valence-corrected chi connectivity index (χ4v) is 3.50. The Labute approximate surface area is 176 Å².